The highest BCUT2D eigenvalue weighted by Crippen LogP contribution is 2.52. The molecule has 1 heterocycles. The number of nitrogens with one attached hydrogen (secondary N) is 2. The molecule has 1 fully saturated rings. The molecule has 5 nitrogen and oxygen atoms in total. The van der Waals surface area contributed by atoms with Gasteiger partial charge in [0.05, 0.1) is 17.1 Å². The smallest absolute Gasteiger partial charge is 0.242 e. The maximum atomic E-state index is 15.6. The number of nitriles is 1. The predicted molar refractivity (Wildman–Crippen MR) is 144 cm³/mol. The Hall–Kier alpha value is -3.18. The number of halogens is 4. The van der Waals surface area contributed by atoms with Gasteiger partial charge in [0.2, 0.25) is 5.91 Å². The molecule has 3 N–H and O–H groups in total. The zero-order valence-electron chi connectivity index (χ0n) is 21.0. The van der Waals surface area contributed by atoms with Crippen molar-refractivity contribution in [3.63, 3.8) is 0 Å². The molecule has 3 aromatic carbocycles. The van der Waals surface area contributed by atoms with Crippen molar-refractivity contribution in [2.75, 3.05) is 5.32 Å². The first-order valence-corrected chi connectivity index (χ1v) is 12.8. The monoisotopic (exact) mass is 557 g/mol. The number of carbonyl (C=O) groups excluding carboxylic acids is 1. The molecule has 4 rings (SSSR count). The number of benzene rings is 3. The van der Waals surface area contributed by atoms with E-state index in [2.05, 4.69) is 16.7 Å². The van der Waals surface area contributed by atoms with Crippen molar-refractivity contribution in [3.8, 4) is 11.8 Å². The van der Waals surface area contributed by atoms with Crippen molar-refractivity contribution in [3.05, 3.63) is 93.5 Å². The number of nitrogens with zero attached hydrogens (tertiary/aromatic N) is 1. The summed E-state index contributed by atoms with van der Waals surface area (Å²) in [7, 11) is 0. The van der Waals surface area contributed by atoms with Crippen LogP contribution < -0.4 is 10.6 Å². The van der Waals surface area contributed by atoms with Crippen molar-refractivity contribution in [2.45, 2.75) is 50.6 Å². The number of anilines is 1. The van der Waals surface area contributed by atoms with Gasteiger partial charge in [-0.3, -0.25) is 4.79 Å². The van der Waals surface area contributed by atoms with E-state index in [1.165, 1.54) is 42.5 Å². The number of hydrogen-bond acceptors (Lipinski definition) is 4. The van der Waals surface area contributed by atoms with Gasteiger partial charge in [-0.2, -0.15) is 5.26 Å². The van der Waals surface area contributed by atoms with E-state index in [1.54, 1.807) is 12.1 Å². The van der Waals surface area contributed by atoms with Crippen LogP contribution in [0.25, 0.3) is 0 Å². The molecular formula is C29H27Cl2F2N3O2. The van der Waals surface area contributed by atoms with Crippen LogP contribution in [0.2, 0.25) is 10.0 Å². The lowest BCUT2D eigenvalue weighted by molar-refractivity contribution is -0.118. The number of amides is 1. The summed E-state index contributed by atoms with van der Waals surface area (Å²) in [6, 6.07) is 14.7. The largest absolute Gasteiger partial charge is 0.508 e. The molecule has 1 amide bonds. The summed E-state index contributed by atoms with van der Waals surface area (Å²) in [6.07, 6.45) is 0.358. The highest BCUT2D eigenvalue weighted by molar-refractivity contribution is 6.31. The Kier molecular flexibility index (Phi) is 7.72. The van der Waals surface area contributed by atoms with Crippen LogP contribution >= 0.6 is 23.2 Å². The number of aromatic hydroxyl groups is 1. The van der Waals surface area contributed by atoms with Crippen LogP contribution in [-0.4, -0.2) is 23.1 Å². The highest BCUT2D eigenvalue weighted by atomic mass is 35.5. The van der Waals surface area contributed by atoms with Crippen molar-refractivity contribution in [1.29, 1.82) is 5.26 Å². The average Bonchev–Trinajstić information content (AvgIpc) is 3.14. The fraction of sp³-hybridized carbons (Fsp3) is 0.310. The minimum atomic E-state index is -1.71. The maximum absolute atomic E-state index is 15.6. The van der Waals surface area contributed by atoms with Crippen molar-refractivity contribution < 1.29 is 18.7 Å². The first-order chi connectivity index (χ1) is 17.9. The van der Waals surface area contributed by atoms with E-state index >= 15 is 8.78 Å². The van der Waals surface area contributed by atoms with E-state index in [1.807, 2.05) is 20.8 Å². The summed E-state index contributed by atoms with van der Waals surface area (Å²) in [6.45, 7) is 5.89. The lowest BCUT2D eigenvalue weighted by Gasteiger charge is -2.37. The molecule has 4 atom stereocenters. The lowest BCUT2D eigenvalue weighted by Crippen LogP contribution is -2.45. The first kappa shape index (κ1) is 27.8. The van der Waals surface area contributed by atoms with Crippen molar-refractivity contribution in [2.24, 2.45) is 5.41 Å². The van der Waals surface area contributed by atoms with Crippen LogP contribution in [0.1, 0.15) is 44.2 Å². The van der Waals surface area contributed by atoms with E-state index < -0.39 is 41.0 Å². The molecule has 198 valence electrons. The molecule has 0 saturated carbocycles. The molecule has 3 aromatic rings. The summed E-state index contributed by atoms with van der Waals surface area (Å²) >= 11 is 12.2. The van der Waals surface area contributed by atoms with Gasteiger partial charge in [0.1, 0.15) is 22.8 Å². The SMILES string of the molecule is CC(C)(C)C[C@@H]1N[C@@H](C(=O)Nc2cccc(O)c2)[C@H](c2cccc(Cl)c2F)[C@@]1(C#N)c1ccc(Cl)cc1F. The number of hydrogen-bond donors (Lipinski definition) is 3. The Balaban J connectivity index is 1.97. The van der Waals surface area contributed by atoms with E-state index in [4.69, 9.17) is 23.2 Å². The number of carbonyl (C=O) groups is 1. The third-order valence-electron chi connectivity index (χ3n) is 6.85. The topological polar surface area (TPSA) is 85.2 Å². The number of rotatable bonds is 5. The van der Waals surface area contributed by atoms with Crippen molar-refractivity contribution in [1.82, 2.24) is 5.32 Å². The Morgan fingerprint density at radius 1 is 1.13 bits per heavy atom. The normalized spacial score (nSPS) is 23.2. The van der Waals surface area contributed by atoms with Gasteiger partial charge >= 0.3 is 0 Å². The molecular weight excluding hydrogens is 531 g/mol. The Morgan fingerprint density at radius 2 is 1.84 bits per heavy atom. The van der Waals surface area contributed by atoms with Gasteiger partial charge in [-0.25, -0.2) is 8.78 Å². The minimum Gasteiger partial charge on any atom is -0.508 e. The molecule has 0 aromatic heterocycles. The van der Waals surface area contributed by atoms with Gasteiger partial charge in [-0.1, -0.05) is 68.2 Å². The molecule has 0 bridgehead atoms. The van der Waals surface area contributed by atoms with E-state index in [0.29, 0.717) is 12.1 Å². The van der Waals surface area contributed by atoms with E-state index in [9.17, 15) is 15.2 Å². The first-order valence-electron chi connectivity index (χ1n) is 12.0. The number of phenolic OH excluding ortho intramolecular Hbond substituents is 1. The van der Waals surface area contributed by atoms with E-state index in [-0.39, 0.29) is 32.3 Å². The van der Waals surface area contributed by atoms with Gasteiger partial charge in [0.15, 0.2) is 0 Å². The van der Waals surface area contributed by atoms with E-state index in [0.717, 1.165) is 6.07 Å². The molecule has 0 aliphatic carbocycles. The second-order valence-electron chi connectivity index (χ2n) is 10.7. The molecule has 0 unspecified atom stereocenters. The summed E-state index contributed by atoms with van der Waals surface area (Å²) in [5.41, 5.74) is -1.75. The molecule has 0 spiro atoms. The van der Waals surface area contributed by atoms with Crippen molar-refractivity contribution >= 4 is 34.8 Å². The fourth-order valence-electron chi connectivity index (χ4n) is 5.36. The van der Waals surface area contributed by atoms with Crippen LogP contribution in [0.4, 0.5) is 14.5 Å². The summed E-state index contributed by atoms with van der Waals surface area (Å²) in [4.78, 5) is 13.8. The Morgan fingerprint density at radius 3 is 2.47 bits per heavy atom. The van der Waals surface area contributed by atoms with Gasteiger partial charge in [-0.15, -0.1) is 0 Å². The third-order valence-corrected chi connectivity index (χ3v) is 7.37. The molecule has 1 aliphatic heterocycles. The second-order valence-corrected chi connectivity index (χ2v) is 11.6. The summed E-state index contributed by atoms with van der Waals surface area (Å²) in [5, 5.41) is 26.6. The Labute approximate surface area is 230 Å². The van der Waals surface area contributed by atoms with Crippen LogP contribution in [0.5, 0.6) is 5.75 Å². The van der Waals surface area contributed by atoms with Gasteiger partial charge in [0.25, 0.3) is 0 Å². The summed E-state index contributed by atoms with van der Waals surface area (Å²) in [5.74, 6) is -3.33. The summed E-state index contributed by atoms with van der Waals surface area (Å²) < 4.78 is 31.3. The molecule has 9 heteroatoms. The zero-order chi connectivity index (χ0) is 27.8. The standard InChI is InChI=1S/C29H27Cl2F2N3O2/c1-28(2,3)14-23-29(15-34,20-11-10-16(30)12-22(20)32)24(19-8-5-9-21(31)25(19)33)26(36-23)27(38)35-17-6-4-7-18(37)13-17/h4-13,23-24,26,36-37H,14H2,1-3H3,(H,35,38)/t23-,24-,26+,29-/m0/s1. The fourth-order valence-corrected chi connectivity index (χ4v) is 5.70. The molecule has 38 heavy (non-hydrogen) atoms. The minimum absolute atomic E-state index is 0.00295. The molecule has 0 radical (unpaired) electrons. The van der Waals surface area contributed by atoms with Crippen LogP contribution in [0, 0.1) is 28.4 Å². The predicted octanol–water partition coefficient (Wildman–Crippen LogP) is 6.94. The zero-order valence-corrected chi connectivity index (χ0v) is 22.5. The van der Waals surface area contributed by atoms with Gasteiger partial charge in [0, 0.05) is 34.3 Å². The quantitative estimate of drug-likeness (QED) is 0.317. The van der Waals surface area contributed by atoms with Crippen LogP contribution in [-0.2, 0) is 10.2 Å². The van der Waals surface area contributed by atoms with Crippen LogP contribution in [0.3, 0.4) is 0 Å². The average molecular weight is 558 g/mol. The second kappa shape index (κ2) is 10.5. The highest BCUT2D eigenvalue weighted by Gasteiger charge is 2.61. The van der Waals surface area contributed by atoms with Crippen LogP contribution in [0.15, 0.2) is 60.7 Å². The molecule has 1 aliphatic rings. The Bertz CT molecular complexity index is 1420. The number of phenols is 1. The third kappa shape index (κ3) is 5.22. The molecule has 1 saturated heterocycles. The maximum Gasteiger partial charge on any atom is 0.242 e. The lowest BCUT2D eigenvalue weighted by atomic mass is 9.62. The van der Waals surface area contributed by atoms with Gasteiger partial charge < -0.3 is 15.7 Å². The van der Waals surface area contributed by atoms with Gasteiger partial charge in [-0.05, 0) is 47.7 Å².